The Morgan fingerprint density at radius 2 is 1.54 bits per heavy atom. The Morgan fingerprint density at radius 1 is 0.971 bits per heavy atom. The molecule has 184 valence electrons. The number of aromatic amines is 1. The first-order valence-electron chi connectivity index (χ1n) is 9.79. The van der Waals surface area contributed by atoms with Crippen LogP contribution in [0.4, 0.5) is 0 Å². The molecule has 0 aliphatic heterocycles. The maximum Gasteiger partial charge on any atom is 0.352 e. The Hall–Kier alpha value is -5.03. The lowest BCUT2D eigenvalue weighted by Crippen LogP contribution is -2.32. The molecule has 4 aromatic rings. The number of nitrogens with zero attached hydrogens (tertiary/aromatic N) is 9. The Bertz CT molecular complexity index is 1540. The minimum absolute atomic E-state index is 0.000765. The third-order valence-electron chi connectivity index (χ3n) is 4.08. The molecule has 0 spiro atoms. The van der Waals surface area contributed by atoms with E-state index < -0.39 is 34.8 Å². The van der Waals surface area contributed by atoms with Crippen molar-refractivity contribution in [3.63, 3.8) is 0 Å². The second-order valence-corrected chi connectivity index (χ2v) is 7.85. The lowest BCUT2D eigenvalue weighted by molar-refractivity contribution is -0.155. The molecule has 0 saturated carbocycles. The molecule has 0 aliphatic carbocycles. The first-order valence-corrected chi connectivity index (χ1v) is 9.79. The number of rotatable bonds is 5. The van der Waals surface area contributed by atoms with E-state index in [4.69, 9.17) is 16.2 Å². The van der Waals surface area contributed by atoms with E-state index >= 15 is 0 Å². The average Bonchev–Trinajstić information content (AvgIpc) is 3.38. The Balaban J connectivity index is 0.000000223. The molecule has 5 N–H and O–H groups in total. The third kappa shape index (κ3) is 5.49. The fourth-order valence-corrected chi connectivity index (χ4v) is 2.67. The van der Waals surface area contributed by atoms with Gasteiger partial charge in [-0.05, 0) is 20.8 Å². The largest absolute Gasteiger partial charge is 0.460 e. The van der Waals surface area contributed by atoms with Crippen LogP contribution >= 0.6 is 0 Å². The predicted molar refractivity (Wildman–Crippen MR) is 114 cm³/mol. The van der Waals surface area contributed by atoms with E-state index in [1.165, 1.54) is 0 Å². The van der Waals surface area contributed by atoms with Crippen molar-refractivity contribution in [2.24, 2.45) is 11.5 Å². The quantitative estimate of drug-likeness (QED) is 0.238. The van der Waals surface area contributed by atoms with Crippen LogP contribution in [-0.4, -0.2) is 72.6 Å². The monoisotopic (exact) mass is 488 g/mol. The zero-order valence-electron chi connectivity index (χ0n) is 18.7. The second kappa shape index (κ2) is 9.45. The number of esters is 1. The molecule has 0 atom stereocenters. The Labute approximate surface area is 193 Å². The van der Waals surface area contributed by atoms with Crippen molar-refractivity contribution in [3.8, 4) is 0 Å². The van der Waals surface area contributed by atoms with Crippen molar-refractivity contribution >= 4 is 29.1 Å². The predicted octanol–water partition coefficient (Wildman–Crippen LogP) is -2.97. The molecule has 18 nitrogen and oxygen atoms in total. The summed E-state index contributed by atoms with van der Waals surface area (Å²) in [5.41, 5.74) is 8.22. The van der Waals surface area contributed by atoms with Crippen LogP contribution in [0.5, 0.6) is 0 Å². The summed E-state index contributed by atoms with van der Waals surface area (Å²) in [6.07, 6.45) is 2.26. The van der Waals surface area contributed by atoms with Crippen LogP contribution in [0.1, 0.15) is 48.2 Å². The van der Waals surface area contributed by atoms with Gasteiger partial charge in [-0.15, -0.1) is 10.2 Å². The number of amides is 2. The van der Waals surface area contributed by atoms with E-state index in [-0.39, 0.29) is 35.6 Å². The molecule has 0 fully saturated rings. The van der Waals surface area contributed by atoms with Crippen LogP contribution in [0.2, 0.25) is 0 Å². The summed E-state index contributed by atoms with van der Waals surface area (Å²) in [7, 11) is 0. The van der Waals surface area contributed by atoms with E-state index in [2.05, 4.69) is 35.7 Å². The van der Waals surface area contributed by atoms with E-state index in [1.807, 2.05) is 0 Å². The standard InChI is InChI=1S/C12H16N6O4.C5H4N6O2/c1-12(2,3)22-7(19)4-5-18-11(21)17-6-14-8(9(13)20)10(17)15-16-18;6-3(12)2-4-8-10-9-5(13)11(4)1-7-2/h6H,4-5H2,1-3H3,(H2,13,20);1H,(H2,6,12)(H,8,9,13). The third-order valence-corrected chi connectivity index (χ3v) is 4.08. The van der Waals surface area contributed by atoms with Gasteiger partial charge in [0.1, 0.15) is 18.3 Å². The number of hydrogen-bond donors (Lipinski definition) is 3. The molecule has 35 heavy (non-hydrogen) atoms. The molecular formula is C17H20N12O6. The van der Waals surface area contributed by atoms with Crippen molar-refractivity contribution in [1.29, 1.82) is 0 Å². The second-order valence-electron chi connectivity index (χ2n) is 7.85. The molecule has 0 aromatic carbocycles. The zero-order valence-corrected chi connectivity index (χ0v) is 18.7. The molecule has 4 rings (SSSR count). The first kappa shape index (κ1) is 24.6. The topological polar surface area (TPSA) is 253 Å². The number of hydrogen-bond acceptors (Lipinski definition) is 12. The summed E-state index contributed by atoms with van der Waals surface area (Å²) < 4.78 is 8.22. The number of aryl methyl sites for hydroxylation is 1. The fraction of sp³-hybridized carbons (Fsp3) is 0.353. The first-order chi connectivity index (χ1) is 16.4. The Morgan fingerprint density at radius 3 is 2.11 bits per heavy atom. The molecule has 4 aromatic heterocycles. The van der Waals surface area contributed by atoms with Crippen LogP contribution in [0.3, 0.4) is 0 Å². The molecule has 4 heterocycles. The van der Waals surface area contributed by atoms with E-state index in [9.17, 15) is 24.0 Å². The number of ether oxygens (including phenoxy) is 1. The van der Waals surface area contributed by atoms with Gasteiger partial charge in [0.05, 0.1) is 13.0 Å². The lowest BCUT2D eigenvalue weighted by atomic mass is 10.2. The summed E-state index contributed by atoms with van der Waals surface area (Å²) in [4.78, 5) is 64.0. The van der Waals surface area contributed by atoms with Crippen LogP contribution in [0, 0.1) is 0 Å². The summed E-state index contributed by atoms with van der Waals surface area (Å²) >= 11 is 0. The molecule has 0 aliphatic rings. The Kier molecular flexibility index (Phi) is 6.65. The smallest absolute Gasteiger partial charge is 0.352 e. The average molecular weight is 488 g/mol. The van der Waals surface area contributed by atoms with Crippen molar-refractivity contribution in [1.82, 2.24) is 49.2 Å². The van der Waals surface area contributed by atoms with Gasteiger partial charge in [-0.3, -0.25) is 14.4 Å². The van der Waals surface area contributed by atoms with E-state index in [0.717, 1.165) is 26.1 Å². The number of nitrogens with one attached hydrogen (secondary N) is 1. The van der Waals surface area contributed by atoms with Crippen molar-refractivity contribution in [3.05, 3.63) is 45.0 Å². The van der Waals surface area contributed by atoms with Crippen LogP contribution in [0.25, 0.3) is 11.3 Å². The number of nitrogens with two attached hydrogens (primary N) is 2. The van der Waals surface area contributed by atoms with E-state index in [0.29, 0.717) is 0 Å². The summed E-state index contributed by atoms with van der Waals surface area (Å²) in [5, 5.41) is 16.3. The minimum atomic E-state index is -0.803. The molecule has 0 bridgehead atoms. The highest BCUT2D eigenvalue weighted by molar-refractivity contribution is 5.97. The maximum atomic E-state index is 12.1. The number of primary amides is 2. The fourth-order valence-electron chi connectivity index (χ4n) is 2.67. The minimum Gasteiger partial charge on any atom is -0.460 e. The molecular weight excluding hydrogens is 468 g/mol. The molecule has 0 radical (unpaired) electrons. The highest BCUT2D eigenvalue weighted by Gasteiger charge is 2.18. The maximum absolute atomic E-state index is 12.1. The van der Waals surface area contributed by atoms with Crippen LogP contribution in [0.15, 0.2) is 22.2 Å². The van der Waals surface area contributed by atoms with Gasteiger partial charge < -0.3 is 16.2 Å². The number of aromatic nitrogens is 10. The normalized spacial score (nSPS) is 11.2. The molecule has 2 amide bonds. The van der Waals surface area contributed by atoms with Gasteiger partial charge in [0, 0.05) is 0 Å². The van der Waals surface area contributed by atoms with Crippen molar-refractivity contribution < 1.29 is 19.1 Å². The van der Waals surface area contributed by atoms with Gasteiger partial charge in [0.2, 0.25) is 0 Å². The van der Waals surface area contributed by atoms with Gasteiger partial charge in [0.15, 0.2) is 22.7 Å². The van der Waals surface area contributed by atoms with Gasteiger partial charge in [-0.2, -0.15) is 4.68 Å². The highest BCUT2D eigenvalue weighted by atomic mass is 16.6. The number of fused-ring (bicyclic) bond motifs is 2. The van der Waals surface area contributed by atoms with Crippen LogP contribution < -0.4 is 22.8 Å². The number of H-pyrrole nitrogens is 1. The van der Waals surface area contributed by atoms with Crippen LogP contribution in [-0.2, 0) is 16.1 Å². The summed E-state index contributed by atoms with van der Waals surface area (Å²) in [6.45, 7) is 5.25. The van der Waals surface area contributed by atoms with Gasteiger partial charge in [-0.1, -0.05) is 10.4 Å². The SMILES string of the molecule is CC(C)(C)OC(=O)CCn1nnc2c(C(N)=O)ncn2c1=O.NC(=O)c1ncn2c(=O)[nH]nnc12. The number of carbonyl (C=O) groups excluding carboxylic acids is 3. The van der Waals surface area contributed by atoms with Crippen molar-refractivity contribution in [2.75, 3.05) is 0 Å². The number of imidazole rings is 2. The van der Waals surface area contributed by atoms with Gasteiger partial charge >= 0.3 is 17.3 Å². The van der Waals surface area contributed by atoms with Crippen molar-refractivity contribution in [2.45, 2.75) is 39.3 Å². The van der Waals surface area contributed by atoms with Gasteiger partial charge in [-0.25, -0.2) is 33.5 Å². The summed E-state index contributed by atoms with van der Waals surface area (Å²) in [5.74, 6) is -2.00. The molecule has 0 saturated heterocycles. The van der Waals surface area contributed by atoms with Gasteiger partial charge in [0.25, 0.3) is 11.8 Å². The summed E-state index contributed by atoms with van der Waals surface area (Å²) in [6, 6.07) is 0. The van der Waals surface area contributed by atoms with E-state index in [1.54, 1.807) is 20.8 Å². The number of carbonyl (C=O) groups is 3. The zero-order chi connectivity index (χ0) is 25.9. The molecule has 18 heteroatoms. The highest BCUT2D eigenvalue weighted by Crippen LogP contribution is 2.08. The lowest BCUT2D eigenvalue weighted by Gasteiger charge is -2.19. The molecule has 0 unspecified atom stereocenters.